The number of rotatable bonds is 4. The minimum Gasteiger partial charge on any atom is -0.493 e. The molecule has 3 nitrogen and oxygen atoms in total. The molecule has 0 saturated heterocycles. The van der Waals surface area contributed by atoms with Gasteiger partial charge in [0.2, 0.25) is 0 Å². The van der Waals surface area contributed by atoms with Crippen molar-refractivity contribution in [2.75, 3.05) is 14.2 Å². The van der Waals surface area contributed by atoms with Crippen molar-refractivity contribution in [3.8, 4) is 17.6 Å². The van der Waals surface area contributed by atoms with E-state index in [0.717, 1.165) is 16.3 Å². The predicted molar refractivity (Wildman–Crippen MR) is 102 cm³/mol. The Hall–Kier alpha value is -2.96. The molecule has 0 radical (unpaired) electrons. The van der Waals surface area contributed by atoms with Crippen LogP contribution in [0.3, 0.4) is 0 Å². The lowest BCUT2D eigenvalue weighted by Gasteiger charge is -2.10. The van der Waals surface area contributed by atoms with Crippen LogP contribution in [0.2, 0.25) is 5.02 Å². The monoisotopic (exact) mass is 349 g/mol. The normalized spacial score (nSPS) is 11.2. The van der Waals surface area contributed by atoms with E-state index in [2.05, 4.69) is 6.07 Å². The summed E-state index contributed by atoms with van der Waals surface area (Å²) in [6.45, 7) is 0. The molecule has 0 aromatic heterocycles. The Kier molecular flexibility index (Phi) is 4.92. The van der Waals surface area contributed by atoms with Gasteiger partial charge >= 0.3 is 0 Å². The van der Waals surface area contributed by atoms with E-state index < -0.39 is 0 Å². The fraction of sp³-hybridized carbons (Fsp3) is 0.0952. The predicted octanol–water partition coefficient (Wildman–Crippen LogP) is 5.57. The summed E-state index contributed by atoms with van der Waals surface area (Å²) in [6.07, 6.45) is 1.76. The van der Waals surface area contributed by atoms with Crippen molar-refractivity contribution in [1.82, 2.24) is 0 Å². The number of benzene rings is 3. The largest absolute Gasteiger partial charge is 0.493 e. The van der Waals surface area contributed by atoms with Crippen molar-refractivity contribution in [2.24, 2.45) is 0 Å². The summed E-state index contributed by atoms with van der Waals surface area (Å²) in [5.74, 6) is 1.11. The molecule has 0 N–H and O–H groups in total. The number of methoxy groups -OCH3 is 2. The maximum atomic E-state index is 9.61. The highest BCUT2D eigenvalue weighted by Crippen LogP contribution is 2.35. The number of allylic oxidation sites excluding steroid dienone is 1. The zero-order valence-corrected chi connectivity index (χ0v) is 14.7. The number of nitriles is 1. The van der Waals surface area contributed by atoms with Gasteiger partial charge in [0.1, 0.15) is 0 Å². The van der Waals surface area contributed by atoms with Gasteiger partial charge in [0.05, 0.1) is 30.9 Å². The van der Waals surface area contributed by atoms with Gasteiger partial charge in [-0.05, 0) is 40.1 Å². The van der Waals surface area contributed by atoms with Crippen molar-refractivity contribution < 1.29 is 9.47 Å². The second kappa shape index (κ2) is 7.29. The summed E-state index contributed by atoms with van der Waals surface area (Å²) in [7, 11) is 3.12. The quantitative estimate of drug-likeness (QED) is 0.456. The number of hydrogen-bond donors (Lipinski definition) is 0. The van der Waals surface area contributed by atoms with Crippen LogP contribution in [-0.2, 0) is 0 Å². The summed E-state index contributed by atoms with van der Waals surface area (Å²) < 4.78 is 10.6. The zero-order chi connectivity index (χ0) is 17.8. The maximum Gasteiger partial charge on any atom is 0.162 e. The Morgan fingerprint density at radius 1 is 0.960 bits per heavy atom. The third-order valence-corrected chi connectivity index (χ3v) is 4.31. The van der Waals surface area contributed by atoms with Crippen LogP contribution in [0.4, 0.5) is 0 Å². The number of ether oxygens (including phenoxy) is 2. The van der Waals surface area contributed by atoms with Crippen LogP contribution in [0.5, 0.6) is 11.5 Å². The molecule has 0 bridgehead atoms. The molecule has 0 aliphatic carbocycles. The average Bonchev–Trinajstić information content (AvgIpc) is 2.66. The van der Waals surface area contributed by atoms with E-state index in [1.54, 1.807) is 32.4 Å². The standard InChI is InChI=1S/C21H16ClNO2/c1-24-20-11-17(19(22)12-21(20)25-2)10-18(13-23)16-8-7-14-5-3-4-6-15(14)9-16/h3-12H,1-2H3/b18-10-. The molecule has 0 saturated carbocycles. The van der Waals surface area contributed by atoms with Gasteiger partial charge in [-0.25, -0.2) is 0 Å². The van der Waals surface area contributed by atoms with E-state index in [4.69, 9.17) is 21.1 Å². The topological polar surface area (TPSA) is 42.2 Å². The summed E-state index contributed by atoms with van der Waals surface area (Å²) >= 11 is 6.33. The Morgan fingerprint density at radius 2 is 1.64 bits per heavy atom. The lowest BCUT2D eigenvalue weighted by atomic mass is 10.00. The van der Waals surface area contributed by atoms with E-state index in [-0.39, 0.29) is 0 Å². The third-order valence-electron chi connectivity index (χ3n) is 3.98. The number of nitrogens with zero attached hydrogens (tertiary/aromatic N) is 1. The van der Waals surface area contributed by atoms with Crippen molar-refractivity contribution in [2.45, 2.75) is 0 Å². The van der Waals surface area contributed by atoms with Gasteiger partial charge < -0.3 is 9.47 Å². The lowest BCUT2D eigenvalue weighted by Crippen LogP contribution is -1.92. The van der Waals surface area contributed by atoms with E-state index >= 15 is 0 Å². The van der Waals surface area contributed by atoms with Crippen LogP contribution in [0.15, 0.2) is 54.6 Å². The average molecular weight is 350 g/mol. The molecule has 0 unspecified atom stereocenters. The van der Waals surface area contributed by atoms with Gasteiger partial charge in [-0.15, -0.1) is 0 Å². The first-order valence-corrected chi connectivity index (χ1v) is 8.06. The molecule has 0 atom stereocenters. The first-order valence-electron chi connectivity index (χ1n) is 7.68. The SMILES string of the molecule is COc1cc(Cl)c(/C=C(/C#N)c2ccc3ccccc3c2)cc1OC. The van der Waals surface area contributed by atoms with Gasteiger partial charge in [0.15, 0.2) is 11.5 Å². The minimum absolute atomic E-state index is 0.492. The van der Waals surface area contributed by atoms with Gasteiger partial charge in [-0.3, -0.25) is 0 Å². The van der Waals surface area contributed by atoms with E-state index in [1.165, 1.54) is 0 Å². The Bertz CT molecular complexity index is 1000. The lowest BCUT2D eigenvalue weighted by molar-refractivity contribution is 0.355. The van der Waals surface area contributed by atoms with Crippen molar-refractivity contribution in [3.05, 3.63) is 70.7 Å². The van der Waals surface area contributed by atoms with Crippen LogP contribution >= 0.6 is 11.6 Å². The van der Waals surface area contributed by atoms with Crippen LogP contribution in [0, 0.1) is 11.3 Å². The zero-order valence-electron chi connectivity index (χ0n) is 13.9. The molecule has 0 amide bonds. The second-order valence-electron chi connectivity index (χ2n) is 5.46. The van der Waals surface area contributed by atoms with Crippen molar-refractivity contribution >= 4 is 34.0 Å². The first kappa shape index (κ1) is 16.9. The third kappa shape index (κ3) is 3.45. The van der Waals surface area contributed by atoms with Crippen LogP contribution in [-0.4, -0.2) is 14.2 Å². The molecule has 124 valence electrons. The van der Waals surface area contributed by atoms with Gasteiger partial charge in [-0.2, -0.15) is 5.26 Å². The van der Waals surface area contributed by atoms with Gasteiger partial charge in [0.25, 0.3) is 0 Å². The summed E-state index contributed by atoms with van der Waals surface area (Å²) in [5, 5.41) is 12.3. The molecular weight excluding hydrogens is 334 g/mol. The van der Waals surface area contributed by atoms with Crippen molar-refractivity contribution in [1.29, 1.82) is 5.26 Å². The summed E-state index contributed by atoms with van der Waals surface area (Å²) in [5.41, 5.74) is 2.07. The molecule has 0 heterocycles. The highest BCUT2D eigenvalue weighted by atomic mass is 35.5. The van der Waals surface area contributed by atoms with Crippen molar-refractivity contribution in [3.63, 3.8) is 0 Å². The van der Waals surface area contributed by atoms with Crippen LogP contribution in [0.1, 0.15) is 11.1 Å². The molecule has 0 aliphatic rings. The highest BCUT2D eigenvalue weighted by molar-refractivity contribution is 6.32. The summed E-state index contributed by atoms with van der Waals surface area (Å²) in [6, 6.07) is 19.7. The molecule has 0 fully saturated rings. The molecule has 0 spiro atoms. The number of hydrogen-bond acceptors (Lipinski definition) is 3. The van der Waals surface area contributed by atoms with Crippen LogP contribution in [0.25, 0.3) is 22.4 Å². The molecule has 3 rings (SSSR count). The van der Waals surface area contributed by atoms with E-state index in [9.17, 15) is 5.26 Å². The fourth-order valence-corrected chi connectivity index (χ4v) is 2.88. The summed E-state index contributed by atoms with van der Waals surface area (Å²) in [4.78, 5) is 0. The Balaban J connectivity index is 2.09. The molecular formula is C21H16ClNO2. The van der Waals surface area contributed by atoms with E-state index in [1.807, 2.05) is 42.5 Å². The maximum absolute atomic E-state index is 9.61. The minimum atomic E-state index is 0.492. The number of fused-ring (bicyclic) bond motifs is 1. The molecule has 0 aliphatic heterocycles. The molecule has 3 aromatic carbocycles. The van der Waals surface area contributed by atoms with Gasteiger partial charge in [0, 0.05) is 6.07 Å². The molecule has 25 heavy (non-hydrogen) atoms. The van der Waals surface area contributed by atoms with Crippen LogP contribution < -0.4 is 9.47 Å². The molecule has 3 aromatic rings. The van der Waals surface area contributed by atoms with E-state index in [0.29, 0.717) is 27.7 Å². The molecule has 4 heteroatoms. The Morgan fingerprint density at radius 3 is 2.32 bits per heavy atom. The highest BCUT2D eigenvalue weighted by Gasteiger charge is 2.10. The smallest absolute Gasteiger partial charge is 0.162 e. The Labute approximate surface area is 151 Å². The second-order valence-corrected chi connectivity index (χ2v) is 5.87. The van der Waals surface area contributed by atoms with Gasteiger partial charge in [-0.1, -0.05) is 48.0 Å². The first-order chi connectivity index (χ1) is 12.2. The number of halogens is 1. The fourth-order valence-electron chi connectivity index (χ4n) is 2.67.